The molecule has 290 valence electrons. The summed E-state index contributed by atoms with van der Waals surface area (Å²) in [4.78, 5) is 47.1. The second-order valence-corrected chi connectivity index (χ2v) is 11.7. The van der Waals surface area contributed by atoms with Gasteiger partial charge in [-0.1, -0.05) is 80.3 Å². The molecule has 0 saturated carbocycles. The summed E-state index contributed by atoms with van der Waals surface area (Å²) < 4.78 is 31.7. The number of carbonyl (C=O) groups excluding carboxylic acids is 4. The van der Waals surface area contributed by atoms with Crippen molar-refractivity contribution < 1.29 is 47.6 Å². The summed E-state index contributed by atoms with van der Waals surface area (Å²) in [6.07, 6.45) is 9.49. The zero-order valence-electron chi connectivity index (χ0n) is 31.7. The molecule has 0 bridgehead atoms. The lowest BCUT2D eigenvalue weighted by Crippen LogP contribution is -2.10. The maximum absolute atomic E-state index is 12.5. The van der Waals surface area contributed by atoms with Gasteiger partial charge in [0.05, 0.1) is 11.8 Å². The molecule has 0 radical (unpaired) electrons. The van der Waals surface area contributed by atoms with E-state index in [1.54, 1.807) is 48.5 Å². The molecule has 0 spiro atoms. The van der Waals surface area contributed by atoms with Crippen molar-refractivity contribution in [2.24, 2.45) is 0 Å². The normalized spacial score (nSPS) is 10.2. The molecule has 0 atom stereocenters. The Morgan fingerprint density at radius 2 is 1.17 bits per heavy atom. The van der Waals surface area contributed by atoms with Crippen molar-refractivity contribution in [3.63, 3.8) is 0 Å². The van der Waals surface area contributed by atoms with E-state index in [2.05, 4.69) is 50.0 Å². The van der Waals surface area contributed by atoms with Gasteiger partial charge in [0.2, 0.25) is 6.79 Å². The Bertz CT molecular complexity index is 2360. The topological polar surface area (TPSA) is 124 Å². The Morgan fingerprint density at radius 1 is 0.603 bits per heavy atom. The number of hydrogen-bond donors (Lipinski definition) is 0. The predicted octanol–water partition coefficient (Wildman–Crippen LogP) is 8.01. The van der Waals surface area contributed by atoms with Crippen molar-refractivity contribution in [2.45, 2.75) is 6.92 Å². The number of ether oxygens (including phenoxy) is 6. The smallest absolute Gasteiger partial charge is 0.335 e. The Labute approximate surface area is 337 Å². The second-order valence-electron chi connectivity index (χ2n) is 11.7. The van der Waals surface area contributed by atoms with Crippen LogP contribution in [0.3, 0.4) is 0 Å². The van der Waals surface area contributed by atoms with Crippen LogP contribution in [-0.4, -0.2) is 43.9 Å². The van der Waals surface area contributed by atoms with Crippen molar-refractivity contribution >= 4 is 42.1 Å². The highest BCUT2D eigenvalue weighted by molar-refractivity contribution is 5.88. The fourth-order valence-corrected chi connectivity index (χ4v) is 4.55. The summed E-state index contributed by atoms with van der Waals surface area (Å²) in [5.41, 5.74) is 4.70. The Balaban J connectivity index is 1.54. The minimum atomic E-state index is -0.722. The molecule has 0 aliphatic rings. The summed E-state index contributed by atoms with van der Waals surface area (Å²) in [5.74, 6) is 11.1. The molecular weight excluding hydrogens is 737 g/mol. The molecule has 0 aliphatic carbocycles. The molecular formula is C48H38O10. The van der Waals surface area contributed by atoms with Gasteiger partial charge < -0.3 is 28.4 Å². The lowest BCUT2D eigenvalue weighted by molar-refractivity contribution is -0.145. The zero-order chi connectivity index (χ0) is 41.7. The molecule has 0 saturated heterocycles. The molecule has 0 fully saturated rings. The van der Waals surface area contributed by atoms with E-state index in [9.17, 15) is 19.2 Å². The van der Waals surface area contributed by atoms with Crippen LogP contribution in [0.1, 0.15) is 45.9 Å². The van der Waals surface area contributed by atoms with Crippen LogP contribution >= 0.6 is 0 Å². The van der Waals surface area contributed by atoms with Crippen molar-refractivity contribution in [2.75, 3.05) is 20.0 Å². The lowest BCUT2D eigenvalue weighted by atomic mass is 10.00. The van der Waals surface area contributed by atoms with Crippen LogP contribution in [0.15, 0.2) is 141 Å². The van der Waals surface area contributed by atoms with Gasteiger partial charge in [0.25, 0.3) is 0 Å². The molecule has 4 rings (SSSR count). The van der Waals surface area contributed by atoms with E-state index in [1.807, 2.05) is 48.6 Å². The fraction of sp³-hybridized carbons (Fsp3) is 0.0833. The van der Waals surface area contributed by atoms with Crippen molar-refractivity contribution in [3.05, 3.63) is 180 Å². The molecule has 10 nitrogen and oxygen atoms in total. The number of benzene rings is 4. The molecule has 58 heavy (non-hydrogen) atoms. The average Bonchev–Trinajstić information content (AvgIpc) is 3.24. The van der Waals surface area contributed by atoms with Gasteiger partial charge in [-0.25, -0.2) is 19.2 Å². The Morgan fingerprint density at radius 3 is 1.76 bits per heavy atom. The number of esters is 4. The average molecular weight is 775 g/mol. The third-order valence-electron chi connectivity index (χ3n) is 7.48. The lowest BCUT2D eigenvalue weighted by Gasteiger charge is -2.12. The van der Waals surface area contributed by atoms with Crippen LogP contribution in [0, 0.1) is 23.7 Å². The van der Waals surface area contributed by atoms with E-state index >= 15 is 0 Å². The standard InChI is InChI=1S/C48H38O10/c1-6-44(49)54-30-29-43-39(21-15-36-12-9-35(10-13-36)11-14-37-17-25-41(26-18-37)53-31-32-55-45(50)7-2)23-24-40(47(43)58-46(51)8-3)22-16-38-19-27-42(28-20-38)56-33-57-48(52)34(4)5/h6-10,12-13,15,17-21,23-30H,1-4,31-33H2,5H3. The van der Waals surface area contributed by atoms with Gasteiger partial charge in [-0.15, -0.1) is 0 Å². The maximum Gasteiger partial charge on any atom is 0.335 e. The van der Waals surface area contributed by atoms with Crippen LogP contribution in [0.4, 0.5) is 0 Å². The highest BCUT2D eigenvalue weighted by Crippen LogP contribution is 2.31. The number of hydrogen-bond acceptors (Lipinski definition) is 10. The van der Waals surface area contributed by atoms with Gasteiger partial charge in [0.15, 0.2) is 5.75 Å². The number of carbonyl (C=O) groups is 4. The molecule has 4 aromatic carbocycles. The minimum Gasteiger partial charge on any atom is -0.490 e. The highest BCUT2D eigenvalue weighted by Gasteiger charge is 2.14. The highest BCUT2D eigenvalue weighted by atomic mass is 16.7. The molecule has 0 N–H and O–H groups in total. The van der Waals surface area contributed by atoms with E-state index in [-0.39, 0.29) is 31.3 Å². The van der Waals surface area contributed by atoms with E-state index in [0.717, 1.165) is 34.9 Å². The van der Waals surface area contributed by atoms with E-state index < -0.39 is 23.9 Å². The van der Waals surface area contributed by atoms with Crippen LogP contribution in [0.2, 0.25) is 0 Å². The van der Waals surface area contributed by atoms with Crippen LogP contribution in [0.25, 0.3) is 18.2 Å². The monoisotopic (exact) mass is 774 g/mol. The first-order chi connectivity index (χ1) is 28.1. The second kappa shape index (κ2) is 22.3. The van der Waals surface area contributed by atoms with Gasteiger partial charge in [-0.05, 0) is 90.9 Å². The van der Waals surface area contributed by atoms with Gasteiger partial charge in [-0.3, -0.25) is 0 Å². The van der Waals surface area contributed by atoms with E-state index in [1.165, 1.54) is 19.3 Å². The first kappa shape index (κ1) is 42.7. The maximum atomic E-state index is 12.5. The molecule has 0 heterocycles. The summed E-state index contributed by atoms with van der Waals surface area (Å²) in [7, 11) is 0. The minimum absolute atomic E-state index is 0.115. The quantitative estimate of drug-likeness (QED) is 0.0127. The summed E-state index contributed by atoms with van der Waals surface area (Å²) in [5, 5.41) is 0. The van der Waals surface area contributed by atoms with Crippen molar-refractivity contribution in [1.82, 2.24) is 0 Å². The summed E-state index contributed by atoms with van der Waals surface area (Å²) in [6.45, 7) is 15.4. The summed E-state index contributed by atoms with van der Waals surface area (Å²) in [6, 6.07) is 25.1. The molecule has 0 aliphatic heterocycles. The van der Waals surface area contributed by atoms with Gasteiger partial charge in [0, 0.05) is 46.1 Å². The molecule has 4 aromatic rings. The predicted molar refractivity (Wildman–Crippen MR) is 221 cm³/mol. The molecule has 0 amide bonds. The molecule has 10 heteroatoms. The molecule has 0 aromatic heterocycles. The first-order valence-electron chi connectivity index (χ1n) is 17.5. The van der Waals surface area contributed by atoms with E-state index in [0.29, 0.717) is 33.8 Å². The largest absolute Gasteiger partial charge is 0.490 e. The van der Waals surface area contributed by atoms with Crippen LogP contribution < -0.4 is 14.2 Å². The third kappa shape index (κ3) is 14.0. The van der Waals surface area contributed by atoms with Crippen LogP contribution in [-0.2, 0) is 33.4 Å². The Kier molecular flexibility index (Phi) is 16.4. The Hall–Kier alpha value is -8.08. The van der Waals surface area contributed by atoms with Gasteiger partial charge in [0.1, 0.15) is 24.7 Å². The SMILES string of the molecule is C=CC(=O)OC=Cc1c(C=Cc2ccc(C#Cc3ccc(OCCOC(=O)C=C)cc3)cc2)ccc(C#Cc2ccc(OCOC(=O)C(=C)C)cc2)c1OC(=O)C=C. The fourth-order valence-electron chi connectivity index (χ4n) is 4.55. The van der Waals surface area contributed by atoms with Gasteiger partial charge >= 0.3 is 23.9 Å². The van der Waals surface area contributed by atoms with Crippen molar-refractivity contribution in [1.29, 1.82) is 0 Å². The van der Waals surface area contributed by atoms with Crippen molar-refractivity contribution in [3.8, 4) is 40.9 Å². The first-order valence-corrected chi connectivity index (χ1v) is 17.5. The third-order valence-corrected chi connectivity index (χ3v) is 7.48. The number of rotatable bonds is 16. The van der Waals surface area contributed by atoms with Gasteiger partial charge in [-0.2, -0.15) is 0 Å². The van der Waals surface area contributed by atoms with Crippen LogP contribution in [0.5, 0.6) is 17.2 Å². The van der Waals surface area contributed by atoms with E-state index in [4.69, 9.17) is 28.4 Å². The summed E-state index contributed by atoms with van der Waals surface area (Å²) >= 11 is 0. The zero-order valence-corrected chi connectivity index (χ0v) is 31.7. The molecule has 0 unspecified atom stereocenters.